The third-order valence-corrected chi connectivity index (χ3v) is 6.73. The topological polar surface area (TPSA) is 91.4 Å². The Bertz CT molecular complexity index is 1570. The fourth-order valence-corrected chi connectivity index (χ4v) is 4.82. The third-order valence-electron chi connectivity index (χ3n) is 5.11. The van der Waals surface area contributed by atoms with E-state index in [1.54, 1.807) is 6.07 Å². The maximum atomic E-state index is 12.9. The van der Waals surface area contributed by atoms with Crippen molar-refractivity contribution in [3.8, 4) is 0 Å². The molecule has 1 aliphatic heterocycles. The summed E-state index contributed by atoms with van der Waals surface area (Å²) < 4.78 is 28.6. The number of para-hydroxylation sites is 1. The molecule has 1 aliphatic rings. The third kappa shape index (κ3) is 3.73. The molecule has 2 N–H and O–H groups in total. The lowest BCUT2D eigenvalue weighted by Gasteiger charge is -2.08. The largest absolute Gasteiger partial charge is 0.340 e. The number of hydrogen-bond donors (Lipinski definition) is 2. The molecule has 0 aliphatic carbocycles. The molecule has 154 valence electrons. The van der Waals surface area contributed by atoms with Crippen LogP contribution in [-0.4, -0.2) is 19.3 Å². The Morgan fingerprint density at radius 2 is 1.81 bits per heavy atom. The van der Waals surface area contributed by atoms with Gasteiger partial charge in [0, 0.05) is 21.5 Å². The molecule has 0 unspecified atom stereocenters. The number of amides is 1. The second-order valence-electron chi connectivity index (χ2n) is 7.23. The molecule has 0 atom stereocenters. The standard InChI is InChI=1S/C23H16ClN3O3S/c24-16-6-8-17(9-7-16)31(29,30)27-23-19(18-3-1-2-4-21(18)26-23)12-14-5-10-20-15(11-14)13-22(28)25-20/h1-12,26-27H,13H2/b14-12-. The molecule has 2 heterocycles. The first kappa shape index (κ1) is 19.5. The van der Waals surface area contributed by atoms with Crippen LogP contribution in [0.3, 0.4) is 0 Å². The van der Waals surface area contributed by atoms with E-state index in [1.165, 1.54) is 24.3 Å². The van der Waals surface area contributed by atoms with E-state index in [4.69, 9.17) is 11.6 Å². The summed E-state index contributed by atoms with van der Waals surface area (Å²) in [5.41, 5.74) is 2.37. The number of hydrogen-bond acceptors (Lipinski definition) is 3. The summed E-state index contributed by atoms with van der Waals surface area (Å²) in [7, 11) is -3.83. The Balaban J connectivity index is 1.63. The number of H-pyrrole nitrogens is 1. The predicted molar refractivity (Wildman–Crippen MR) is 120 cm³/mol. The zero-order valence-corrected chi connectivity index (χ0v) is 17.7. The van der Waals surface area contributed by atoms with Crippen molar-refractivity contribution >= 4 is 50.3 Å². The van der Waals surface area contributed by atoms with Crippen LogP contribution in [0, 0.1) is 0 Å². The summed E-state index contributed by atoms with van der Waals surface area (Å²) in [4.78, 5) is 18.9. The number of benzene rings is 3. The van der Waals surface area contributed by atoms with Crippen molar-refractivity contribution in [2.45, 2.75) is 11.3 Å². The van der Waals surface area contributed by atoms with Crippen molar-refractivity contribution in [3.63, 3.8) is 0 Å². The van der Waals surface area contributed by atoms with Crippen molar-refractivity contribution in [1.29, 1.82) is 0 Å². The zero-order valence-electron chi connectivity index (χ0n) is 16.1. The van der Waals surface area contributed by atoms with Crippen molar-refractivity contribution in [2.24, 2.45) is 4.99 Å². The van der Waals surface area contributed by atoms with Crippen LogP contribution < -0.4 is 15.3 Å². The molecule has 1 amide bonds. The molecule has 0 fully saturated rings. The van der Waals surface area contributed by atoms with E-state index in [2.05, 4.69) is 14.7 Å². The van der Waals surface area contributed by atoms with Crippen LogP contribution in [0.4, 0.5) is 5.82 Å². The second kappa shape index (κ2) is 7.37. The number of aromatic nitrogens is 1. The number of nitrogens with zero attached hydrogens (tertiary/aromatic N) is 1. The summed E-state index contributed by atoms with van der Waals surface area (Å²) >= 11 is 5.89. The maximum Gasteiger partial charge on any atom is 0.263 e. The van der Waals surface area contributed by atoms with Gasteiger partial charge >= 0.3 is 0 Å². The number of carbonyl (C=O) groups is 1. The van der Waals surface area contributed by atoms with Crippen LogP contribution in [0.2, 0.25) is 5.02 Å². The Labute approximate surface area is 183 Å². The SMILES string of the molecule is O=C1Cc2c/c(=C\c3c(NS(=O)(=O)c4ccc(Cl)cc4)[nH]c4ccccc34)ccc2=N1. The van der Waals surface area contributed by atoms with Gasteiger partial charge in [0.1, 0.15) is 5.82 Å². The van der Waals surface area contributed by atoms with E-state index in [0.717, 1.165) is 21.7 Å². The number of halogens is 1. The first-order valence-electron chi connectivity index (χ1n) is 9.50. The highest BCUT2D eigenvalue weighted by atomic mass is 35.5. The predicted octanol–water partition coefficient (Wildman–Crippen LogP) is 3.15. The molecular weight excluding hydrogens is 434 g/mol. The van der Waals surface area contributed by atoms with E-state index >= 15 is 0 Å². The van der Waals surface area contributed by atoms with Gasteiger partial charge in [0.05, 0.1) is 16.7 Å². The lowest BCUT2D eigenvalue weighted by molar-refractivity contribution is -0.116. The molecule has 3 aromatic carbocycles. The number of anilines is 1. The highest BCUT2D eigenvalue weighted by Gasteiger charge is 2.19. The van der Waals surface area contributed by atoms with Gasteiger partial charge in [0.15, 0.2) is 0 Å². The summed E-state index contributed by atoms with van der Waals surface area (Å²) in [6.07, 6.45) is 2.17. The van der Waals surface area contributed by atoms with E-state index in [9.17, 15) is 13.2 Å². The van der Waals surface area contributed by atoms with Gasteiger partial charge in [-0.05, 0) is 59.3 Å². The zero-order chi connectivity index (χ0) is 21.6. The number of nitrogens with one attached hydrogen (secondary N) is 2. The minimum Gasteiger partial charge on any atom is -0.340 e. The molecular formula is C23H16ClN3O3S. The Morgan fingerprint density at radius 1 is 1.03 bits per heavy atom. The number of fused-ring (bicyclic) bond motifs is 2. The second-order valence-corrected chi connectivity index (χ2v) is 9.35. The molecule has 0 saturated carbocycles. The van der Waals surface area contributed by atoms with Crippen molar-refractivity contribution in [1.82, 2.24) is 4.98 Å². The number of rotatable bonds is 4. The molecule has 5 rings (SSSR count). The molecule has 31 heavy (non-hydrogen) atoms. The van der Waals surface area contributed by atoms with Crippen molar-refractivity contribution in [3.05, 3.63) is 93.5 Å². The van der Waals surface area contributed by atoms with Gasteiger partial charge < -0.3 is 4.98 Å². The fraction of sp³-hybridized carbons (Fsp3) is 0.0435. The van der Waals surface area contributed by atoms with Gasteiger partial charge in [-0.25, -0.2) is 13.4 Å². The minimum absolute atomic E-state index is 0.110. The first-order valence-corrected chi connectivity index (χ1v) is 11.4. The van der Waals surface area contributed by atoms with E-state index < -0.39 is 10.0 Å². The summed E-state index contributed by atoms with van der Waals surface area (Å²) in [6.45, 7) is 0. The average molecular weight is 450 g/mol. The van der Waals surface area contributed by atoms with Crippen LogP contribution in [0.15, 0.2) is 76.6 Å². The lowest BCUT2D eigenvalue weighted by atomic mass is 10.1. The van der Waals surface area contributed by atoms with Crippen LogP contribution in [0.5, 0.6) is 0 Å². The molecule has 8 heteroatoms. The van der Waals surface area contributed by atoms with Gasteiger partial charge in [0.25, 0.3) is 15.9 Å². The van der Waals surface area contributed by atoms with E-state index in [0.29, 0.717) is 21.8 Å². The van der Waals surface area contributed by atoms with Gasteiger partial charge in [-0.15, -0.1) is 0 Å². The summed E-state index contributed by atoms with van der Waals surface area (Å²) in [5.74, 6) is 0.202. The summed E-state index contributed by atoms with van der Waals surface area (Å²) in [5, 5.41) is 2.86. The number of sulfonamides is 1. The molecule has 6 nitrogen and oxygen atoms in total. The highest BCUT2D eigenvalue weighted by molar-refractivity contribution is 7.92. The number of carbonyl (C=O) groups excluding carboxylic acids is 1. The van der Waals surface area contributed by atoms with Crippen molar-refractivity contribution < 1.29 is 13.2 Å². The van der Waals surface area contributed by atoms with Gasteiger partial charge in [0.2, 0.25) is 0 Å². The van der Waals surface area contributed by atoms with Crippen LogP contribution in [-0.2, 0) is 21.2 Å². The molecule has 4 aromatic rings. The smallest absolute Gasteiger partial charge is 0.263 e. The fourth-order valence-electron chi connectivity index (χ4n) is 3.65. The number of aromatic amines is 1. The van der Waals surface area contributed by atoms with Crippen LogP contribution >= 0.6 is 11.6 Å². The molecule has 0 spiro atoms. The monoisotopic (exact) mass is 449 g/mol. The quantitative estimate of drug-likeness (QED) is 0.501. The molecule has 0 bridgehead atoms. The Hall–Kier alpha value is -3.42. The minimum atomic E-state index is -3.83. The van der Waals surface area contributed by atoms with E-state index in [1.807, 2.05) is 42.5 Å². The van der Waals surface area contributed by atoms with Crippen molar-refractivity contribution in [2.75, 3.05) is 4.72 Å². The maximum absolute atomic E-state index is 12.9. The van der Waals surface area contributed by atoms with Gasteiger partial charge in [-0.3, -0.25) is 9.52 Å². The average Bonchev–Trinajstić information content (AvgIpc) is 3.27. The van der Waals surface area contributed by atoms with Crippen LogP contribution in [0.25, 0.3) is 17.0 Å². The molecule has 0 radical (unpaired) electrons. The summed E-state index contributed by atoms with van der Waals surface area (Å²) in [6, 6.07) is 19.1. The Morgan fingerprint density at radius 3 is 2.61 bits per heavy atom. The van der Waals surface area contributed by atoms with Gasteiger partial charge in [-0.1, -0.05) is 35.9 Å². The normalized spacial score (nSPS) is 14.0. The first-order chi connectivity index (χ1) is 14.9. The Kier molecular flexibility index (Phi) is 4.64. The van der Waals surface area contributed by atoms with Crippen LogP contribution in [0.1, 0.15) is 11.1 Å². The van der Waals surface area contributed by atoms with Gasteiger partial charge in [-0.2, -0.15) is 0 Å². The van der Waals surface area contributed by atoms with E-state index in [-0.39, 0.29) is 17.2 Å². The highest BCUT2D eigenvalue weighted by Crippen LogP contribution is 2.29. The molecule has 1 aromatic heterocycles. The lowest BCUT2D eigenvalue weighted by Crippen LogP contribution is -2.14. The molecule has 0 saturated heterocycles.